The molecular weight excluding hydrogens is 721 g/mol. The first kappa shape index (κ1) is 29.1. The Hall–Kier alpha value is -5.03. The third-order valence-electron chi connectivity index (χ3n) is 7.40. The summed E-state index contributed by atoms with van der Waals surface area (Å²) in [4.78, 5) is 17.7. The summed E-state index contributed by atoms with van der Waals surface area (Å²) in [5.41, 5.74) is 9.43. The molecule has 1 radical (unpaired) electrons. The van der Waals surface area contributed by atoms with Gasteiger partial charge >= 0.3 is 0 Å². The van der Waals surface area contributed by atoms with E-state index in [0.717, 1.165) is 72.0 Å². The molecule has 6 heteroatoms. The Bertz CT molecular complexity index is 2180. The zero-order chi connectivity index (χ0) is 29.2. The van der Waals surface area contributed by atoms with E-state index in [1.807, 2.05) is 92.2 Å². The molecule has 0 bridgehead atoms. The number of aromatic nitrogens is 4. The molecule has 0 fully saturated rings. The van der Waals surface area contributed by atoms with Gasteiger partial charge in [-0.2, -0.15) is 0 Å². The first-order valence-corrected chi connectivity index (χ1v) is 14.0. The molecule has 0 amide bonds. The quantitative estimate of drug-likeness (QED) is 0.169. The molecule has 0 saturated carbocycles. The predicted octanol–water partition coefficient (Wildman–Crippen LogP) is 9.22. The molecule has 0 unspecified atom stereocenters. The minimum atomic E-state index is 0. The van der Waals surface area contributed by atoms with Crippen LogP contribution in [-0.2, 0) is 20.1 Å². The number of hydrogen-bond donors (Lipinski definition) is 0. The summed E-state index contributed by atoms with van der Waals surface area (Å²) < 4.78 is 6.16. The van der Waals surface area contributed by atoms with Crippen LogP contribution < -0.4 is 0 Å². The van der Waals surface area contributed by atoms with Crippen LogP contribution in [0.2, 0.25) is 0 Å². The molecule has 0 spiro atoms. The molecule has 44 heavy (non-hydrogen) atoms. The fraction of sp³-hybridized carbons (Fsp3) is 0.0526. The summed E-state index contributed by atoms with van der Waals surface area (Å²) in [5.74, 6) is 0. The first-order valence-electron chi connectivity index (χ1n) is 14.0. The third-order valence-corrected chi connectivity index (χ3v) is 7.40. The number of furan rings is 1. The second kappa shape index (κ2) is 12.7. The van der Waals surface area contributed by atoms with Crippen LogP contribution in [0.5, 0.6) is 0 Å². The smallest absolute Gasteiger partial charge is 0.216 e. The van der Waals surface area contributed by atoms with Gasteiger partial charge in [0.1, 0.15) is 0 Å². The van der Waals surface area contributed by atoms with E-state index in [0.29, 0.717) is 5.71 Å². The molecule has 8 aromatic rings. The molecule has 0 aliphatic heterocycles. The van der Waals surface area contributed by atoms with Crippen LogP contribution in [0.4, 0.5) is 0 Å². The van der Waals surface area contributed by atoms with Crippen LogP contribution >= 0.6 is 0 Å². The SMILES string of the molecule is Cc1ccc2c(n1)oc1c(-c3cc(-c4ccc5cnccc5c4)c(C)cn3)[c-]ccc12.[Ir].[c-]1ccccc1-c1ccccn1. The van der Waals surface area contributed by atoms with Crippen molar-refractivity contribution in [2.75, 3.05) is 0 Å². The summed E-state index contributed by atoms with van der Waals surface area (Å²) in [6.45, 7) is 4.05. The van der Waals surface area contributed by atoms with E-state index in [2.05, 4.69) is 64.3 Å². The Kier molecular flexibility index (Phi) is 8.38. The van der Waals surface area contributed by atoms with E-state index in [1.165, 1.54) is 0 Å². The van der Waals surface area contributed by atoms with Crippen molar-refractivity contribution in [1.82, 2.24) is 19.9 Å². The number of rotatable bonds is 3. The van der Waals surface area contributed by atoms with Crippen LogP contribution in [0.15, 0.2) is 126 Å². The maximum absolute atomic E-state index is 6.16. The van der Waals surface area contributed by atoms with E-state index >= 15 is 0 Å². The molecule has 215 valence electrons. The van der Waals surface area contributed by atoms with Crippen molar-refractivity contribution in [2.45, 2.75) is 13.8 Å². The number of benzene rings is 3. The number of nitrogens with zero attached hydrogens (tertiary/aromatic N) is 4. The Morgan fingerprint density at radius 2 is 1.59 bits per heavy atom. The number of pyridine rings is 4. The van der Waals surface area contributed by atoms with Crippen molar-refractivity contribution in [2.24, 2.45) is 0 Å². The summed E-state index contributed by atoms with van der Waals surface area (Å²) in [6.07, 6.45) is 7.41. The topological polar surface area (TPSA) is 64.7 Å². The van der Waals surface area contributed by atoms with Gasteiger partial charge in [0.05, 0.1) is 5.58 Å². The minimum absolute atomic E-state index is 0. The average Bonchev–Trinajstić information content (AvgIpc) is 3.44. The zero-order valence-corrected chi connectivity index (χ0v) is 26.5. The van der Waals surface area contributed by atoms with Crippen molar-refractivity contribution in [1.29, 1.82) is 0 Å². The van der Waals surface area contributed by atoms with E-state index in [9.17, 15) is 0 Å². The average molecular weight is 747 g/mol. The fourth-order valence-corrected chi connectivity index (χ4v) is 5.20. The molecule has 3 aromatic carbocycles. The van der Waals surface area contributed by atoms with Crippen molar-refractivity contribution in [3.63, 3.8) is 0 Å². The van der Waals surface area contributed by atoms with Crippen LogP contribution in [0.1, 0.15) is 11.3 Å². The second-order valence-electron chi connectivity index (χ2n) is 10.3. The monoisotopic (exact) mass is 747 g/mol. The van der Waals surface area contributed by atoms with Gasteiger partial charge in [-0.25, -0.2) is 4.98 Å². The normalized spacial score (nSPS) is 10.8. The summed E-state index contributed by atoms with van der Waals surface area (Å²) in [7, 11) is 0. The molecule has 5 aromatic heterocycles. The van der Waals surface area contributed by atoms with Gasteiger partial charge in [-0.3, -0.25) is 4.98 Å². The van der Waals surface area contributed by atoms with E-state index < -0.39 is 0 Å². The zero-order valence-electron chi connectivity index (χ0n) is 24.1. The number of aryl methyl sites for hydroxylation is 2. The van der Waals surface area contributed by atoms with Gasteiger partial charge < -0.3 is 14.4 Å². The Labute approximate surface area is 269 Å². The van der Waals surface area contributed by atoms with Crippen LogP contribution in [0.3, 0.4) is 0 Å². The number of fused-ring (bicyclic) bond motifs is 4. The van der Waals surface area contributed by atoms with E-state index in [4.69, 9.17) is 9.40 Å². The molecule has 0 aliphatic carbocycles. The van der Waals surface area contributed by atoms with Gasteiger partial charge in [0.15, 0.2) is 0 Å². The van der Waals surface area contributed by atoms with Crippen molar-refractivity contribution in [3.8, 4) is 33.6 Å². The number of hydrogen-bond acceptors (Lipinski definition) is 5. The van der Waals surface area contributed by atoms with Gasteiger partial charge in [0.2, 0.25) is 5.71 Å². The van der Waals surface area contributed by atoms with Crippen molar-refractivity contribution < 1.29 is 24.5 Å². The molecule has 8 rings (SSSR count). The van der Waals surface area contributed by atoms with Gasteiger partial charge in [-0.15, -0.1) is 54.1 Å². The Morgan fingerprint density at radius 3 is 2.43 bits per heavy atom. The standard InChI is InChI=1S/C27H18N3O.C11H8N.Ir/c1-16-14-29-25(13-24(16)19-7-8-20-15-28-11-10-18(20)12-19)23-5-3-4-21-22-9-6-17(2)30-27(22)31-26(21)23;1-2-6-10(7-3-1)11-8-4-5-9-12-11;/h3-4,6-15H,1-2H3;1-6,8-9H;/q2*-1;. The molecule has 0 atom stereocenters. The molecular formula is C38H26IrN4O-2. The van der Waals surface area contributed by atoms with Gasteiger partial charge in [-0.1, -0.05) is 41.3 Å². The minimum Gasteiger partial charge on any atom is -0.486 e. The molecule has 0 aliphatic rings. The van der Waals surface area contributed by atoms with Crippen molar-refractivity contribution in [3.05, 3.63) is 145 Å². The fourth-order valence-electron chi connectivity index (χ4n) is 5.20. The Morgan fingerprint density at radius 1 is 0.682 bits per heavy atom. The third kappa shape index (κ3) is 5.78. The summed E-state index contributed by atoms with van der Waals surface area (Å²) in [6, 6.07) is 38.8. The van der Waals surface area contributed by atoms with Gasteiger partial charge in [0.25, 0.3) is 0 Å². The maximum Gasteiger partial charge on any atom is 0.216 e. The summed E-state index contributed by atoms with van der Waals surface area (Å²) in [5, 5.41) is 4.32. The molecule has 0 N–H and O–H groups in total. The van der Waals surface area contributed by atoms with E-state index in [-0.39, 0.29) is 20.1 Å². The van der Waals surface area contributed by atoms with Gasteiger partial charge in [-0.05, 0) is 77.6 Å². The largest absolute Gasteiger partial charge is 0.486 e. The van der Waals surface area contributed by atoms with Crippen LogP contribution in [0.25, 0.3) is 66.5 Å². The molecule has 5 nitrogen and oxygen atoms in total. The van der Waals surface area contributed by atoms with Crippen molar-refractivity contribution >= 4 is 32.8 Å². The first-order chi connectivity index (χ1) is 21.1. The molecule has 5 heterocycles. The second-order valence-corrected chi connectivity index (χ2v) is 10.3. The molecule has 0 saturated heterocycles. The van der Waals surface area contributed by atoms with Gasteiger partial charge in [0, 0.05) is 61.4 Å². The maximum atomic E-state index is 6.16. The Balaban J connectivity index is 0.000000222. The van der Waals surface area contributed by atoms with E-state index in [1.54, 1.807) is 6.20 Å². The summed E-state index contributed by atoms with van der Waals surface area (Å²) >= 11 is 0. The predicted molar refractivity (Wildman–Crippen MR) is 172 cm³/mol. The van der Waals surface area contributed by atoms with Crippen LogP contribution in [0, 0.1) is 26.0 Å². The van der Waals surface area contributed by atoms with Crippen LogP contribution in [-0.4, -0.2) is 19.9 Å².